The van der Waals surface area contributed by atoms with Gasteiger partial charge in [0, 0.05) is 17.6 Å². The molecule has 19 heavy (non-hydrogen) atoms. The number of nitrogens with zero attached hydrogens (tertiary/aromatic N) is 1. The Hall–Kier alpha value is -0.580. The third-order valence-electron chi connectivity index (χ3n) is 3.54. The van der Waals surface area contributed by atoms with Crippen molar-refractivity contribution in [1.29, 1.82) is 0 Å². The minimum atomic E-state index is 0.0213. The van der Waals surface area contributed by atoms with Gasteiger partial charge in [0.05, 0.1) is 10.6 Å². The van der Waals surface area contributed by atoms with Crippen LogP contribution >= 0.6 is 27.5 Å². The third kappa shape index (κ3) is 3.71. The molecular formula is C14H18BrClN2O. The molecular weight excluding hydrogens is 328 g/mol. The number of hydrogen-bond donors (Lipinski definition) is 1. The lowest BCUT2D eigenvalue weighted by Gasteiger charge is -2.33. The van der Waals surface area contributed by atoms with E-state index < -0.39 is 0 Å². The van der Waals surface area contributed by atoms with E-state index in [1.54, 1.807) is 12.1 Å². The molecule has 0 saturated carbocycles. The van der Waals surface area contributed by atoms with Crippen molar-refractivity contribution in [2.24, 2.45) is 11.7 Å². The Kier molecular flexibility index (Phi) is 5.25. The molecule has 1 saturated heterocycles. The van der Waals surface area contributed by atoms with Crippen LogP contribution in [-0.2, 0) is 0 Å². The highest BCUT2D eigenvalue weighted by atomic mass is 79.9. The molecule has 1 aromatic carbocycles. The van der Waals surface area contributed by atoms with Crippen LogP contribution < -0.4 is 5.73 Å². The molecule has 1 aliphatic heterocycles. The first-order valence-corrected chi connectivity index (χ1v) is 7.73. The van der Waals surface area contributed by atoms with Crippen LogP contribution in [0.1, 0.15) is 29.6 Å². The van der Waals surface area contributed by atoms with Crippen molar-refractivity contribution in [3.8, 4) is 0 Å². The van der Waals surface area contributed by atoms with E-state index in [1.807, 2.05) is 11.0 Å². The number of likely N-dealkylation sites (tertiary alicyclic amines) is 1. The quantitative estimate of drug-likeness (QED) is 0.913. The number of carbonyl (C=O) groups is 1. The highest BCUT2D eigenvalue weighted by Gasteiger charge is 2.25. The van der Waals surface area contributed by atoms with E-state index in [0.29, 0.717) is 23.0 Å². The summed E-state index contributed by atoms with van der Waals surface area (Å²) in [7, 11) is 0. The third-order valence-corrected chi connectivity index (χ3v) is 4.36. The summed E-state index contributed by atoms with van der Waals surface area (Å²) in [6, 6.07) is 5.38. The number of rotatable bonds is 3. The summed E-state index contributed by atoms with van der Waals surface area (Å²) in [5, 5.41) is 0.508. The summed E-state index contributed by atoms with van der Waals surface area (Å²) in [4.78, 5) is 14.4. The fraction of sp³-hybridized carbons (Fsp3) is 0.500. The predicted molar refractivity (Wildman–Crippen MR) is 81.5 cm³/mol. The number of carbonyl (C=O) groups excluding carboxylic acids is 1. The fourth-order valence-electron chi connectivity index (χ4n) is 2.55. The number of amides is 1. The molecule has 2 rings (SSSR count). The Morgan fingerprint density at radius 1 is 1.53 bits per heavy atom. The Morgan fingerprint density at radius 3 is 3.05 bits per heavy atom. The van der Waals surface area contributed by atoms with Crippen molar-refractivity contribution in [3.63, 3.8) is 0 Å². The zero-order chi connectivity index (χ0) is 13.8. The van der Waals surface area contributed by atoms with Crippen LogP contribution in [0.4, 0.5) is 0 Å². The number of hydrogen-bond acceptors (Lipinski definition) is 2. The van der Waals surface area contributed by atoms with Gasteiger partial charge < -0.3 is 10.6 Å². The second-order valence-corrected chi connectivity index (χ2v) is 6.28. The van der Waals surface area contributed by atoms with Crippen LogP contribution in [0.15, 0.2) is 22.7 Å². The molecule has 5 heteroatoms. The maximum atomic E-state index is 12.5. The van der Waals surface area contributed by atoms with Gasteiger partial charge in [-0.3, -0.25) is 4.79 Å². The summed E-state index contributed by atoms with van der Waals surface area (Å²) >= 11 is 9.50. The predicted octanol–water partition coefficient (Wildman–Crippen LogP) is 3.30. The first-order chi connectivity index (χ1) is 9.11. The van der Waals surface area contributed by atoms with Crippen molar-refractivity contribution in [1.82, 2.24) is 4.90 Å². The van der Waals surface area contributed by atoms with Crippen molar-refractivity contribution in [2.75, 3.05) is 19.6 Å². The van der Waals surface area contributed by atoms with Crippen molar-refractivity contribution >= 4 is 33.4 Å². The van der Waals surface area contributed by atoms with Gasteiger partial charge in [-0.2, -0.15) is 0 Å². The molecule has 104 valence electrons. The lowest BCUT2D eigenvalue weighted by Crippen LogP contribution is -2.40. The van der Waals surface area contributed by atoms with Crippen molar-refractivity contribution < 1.29 is 4.79 Å². The Morgan fingerprint density at radius 2 is 2.32 bits per heavy atom. The number of halogens is 2. The van der Waals surface area contributed by atoms with E-state index in [9.17, 15) is 4.79 Å². The molecule has 0 spiro atoms. The minimum absolute atomic E-state index is 0.0213. The van der Waals surface area contributed by atoms with Crippen molar-refractivity contribution in [3.05, 3.63) is 33.3 Å². The second-order valence-electron chi connectivity index (χ2n) is 4.96. The van der Waals surface area contributed by atoms with Gasteiger partial charge in [-0.25, -0.2) is 0 Å². The molecule has 1 aromatic rings. The van der Waals surface area contributed by atoms with Crippen LogP contribution in [-0.4, -0.2) is 30.4 Å². The summed E-state index contributed by atoms with van der Waals surface area (Å²) in [6.45, 7) is 2.28. The molecule has 0 aromatic heterocycles. The molecule has 3 nitrogen and oxygen atoms in total. The van der Waals surface area contributed by atoms with Crippen LogP contribution in [0, 0.1) is 5.92 Å². The SMILES string of the molecule is NCCC1CCCN(C(=O)c2cc(Br)ccc2Cl)C1. The van der Waals surface area contributed by atoms with Crippen LogP contribution in [0.25, 0.3) is 0 Å². The highest BCUT2D eigenvalue weighted by molar-refractivity contribution is 9.10. The van der Waals surface area contributed by atoms with Gasteiger partial charge >= 0.3 is 0 Å². The zero-order valence-corrected chi connectivity index (χ0v) is 13.1. The standard InChI is InChI=1S/C14H18BrClN2O/c15-11-3-4-13(16)12(8-11)14(19)18-7-1-2-10(9-18)5-6-17/h3-4,8,10H,1-2,5-7,9,17H2. The van der Waals surface area contributed by atoms with Crippen LogP contribution in [0.2, 0.25) is 5.02 Å². The Bertz CT molecular complexity index is 465. The van der Waals surface area contributed by atoms with Gasteiger partial charge in [-0.15, -0.1) is 0 Å². The van der Waals surface area contributed by atoms with E-state index in [1.165, 1.54) is 0 Å². The van der Waals surface area contributed by atoms with Crippen LogP contribution in [0.3, 0.4) is 0 Å². The van der Waals surface area contributed by atoms with Crippen LogP contribution in [0.5, 0.6) is 0 Å². The van der Waals surface area contributed by atoms with E-state index in [0.717, 1.165) is 36.8 Å². The number of benzene rings is 1. The smallest absolute Gasteiger partial charge is 0.255 e. The monoisotopic (exact) mass is 344 g/mol. The Labute approximate surface area is 127 Å². The topological polar surface area (TPSA) is 46.3 Å². The van der Waals surface area contributed by atoms with Gasteiger partial charge in [0.2, 0.25) is 0 Å². The zero-order valence-electron chi connectivity index (χ0n) is 10.7. The van der Waals surface area contributed by atoms with Gasteiger partial charge in [0.25, 0.3) is 5.91 Å². The Balaban J connectivity index is 2.12. The van der Waals surface area contributed by atoms with E-state index in [2.05, 4.69) is 15.9 Å². The first-order valence-electron chi connectivity index (χ1n) is 6.56. The number of piperidine rings is 1. The molecule has 1 amide bonds. The maximum Gasteiger partial charge on any atom is 0.255 e. The molecule has 1 fully saturated rings. The first kappa shape index (κ1) is 14.8. The minimum Gasteiger partial charge on any atom is -0.338 e. The second kappa shape index (κ2) is 6.73. The lowest BCUT2D eigenvalue weighted by molar-refractivity contribution is 0.0669. The molecule has 0 radical (unpaired) electrons. The van der Waals surface area contributed by atoms with Gasteiger partial charge in [-0.05, 0) is 49.9 Å². The van der Waals surface area contributed by atoms with E-state index in [4.69, 9.17) is 17.3 Å². The summed E-state index contributed by atoms with van der Waals surface area (Å²) in [5.74, 6) is 0.543. The van der Waals surface area contributed by atoms with E-state index in [-0.39, 0.29) is 5.91 Å². The molecule has 0 bridgehead atoms. The largest absolute Gasteiger partial charge is 0.338 e. The average molecular weight is 346 g/mol. The molecule has 1 atom stereocenters. The highest BCUT2D eigenvalue weighted by Crippen LogP contribution is 2.25. The summed E-state index contributed by atoms with van der Waals surface area (Å²) in [6.07, 6.45) is 3.19. The molecule has 0 aliphatic carbocycles. The average Bonchev–Trinajstić information content (AvgIpc) is 2.41. The molecule has 1 aliphatic rings. The molecule has 2 N–H and O–H groups in total. The lowest BCUT2D eigenvalue weighted by atomic mass is 9.94. The van der Waals surface area contributed by atoms with Crippen molar-refractivity contribution in [2.45, 2.75) is 19.3 Å². The summed E-state index contributed by atoms with van der Waals surface area (Å²) in [5.41, 5.74) is 6.18. The fourth-order valence-corrected chi connectivity index (χ4v) is 3.11. The maximum absolute atomic E-state index is 12.5. The van der Waals surface area contributed by atoms with Gasteiger partial charge in [-0.1, -0.05) is 27.5 Å². The number of nitrogens with two attached hydrogens (primary N) is 1. The van der Waals surface area contributed by atoms with Gasteiger partial charge in [0.1, 0.15) is 0 Å². The molecule has 1 heterocycles. The normalized spacial score (nSPS) is 19.5. The molecule has 1 unspecified atom stereocenters. The van der Waals surface area contributed by atoms with E-state index >= 15 is 0 Å². The van der Waals surface area contributed by atoms with Gasteiger partial charge in [0.15, 0.2) is 0 Å². The summed E-state index contributed by atoms with van der Waals surface area (Å²) < 4.78 is 0.871.